The van der Waals surface area contributed by atoms with Crippen molar-refractivity contribution in [2.45, 2.75) is 6.54 Å². The smallest absolute Gasteiger partial charge is 0.119 e. The highest BCUT2D eigenvalue weighted by molar-refractivity contribution is 5.85. The van der Waals surface area contributed by atoms with Crippen molar-refractivity contribution in [3.63, 3.8) is 0 Å². The average Bonchev–Trinajstić information content (AvgIpc) is 2.27. The molecule has 0 aliphatic heterocycles. The van der Waals surface area contributed by atoms with Crippen LogP contribution < -0.4 is 10.5 Å². The Bertz CT molecular complexity index is 413. The maximum absolute atomic E-state index is 5.57. The summed E-state index contributed by atoms with van der Waals surface area (Å²) in [5.74, 6) is 0.887. The predicted molar refractivity (Wildman–Crippen MR) is 65.6 cm³/mol. The molecule has 2 nitrogen and oxygen atoms in total. The van der Waals surface area contributed by atoms with E-state index in [0.29, 0.717) is 6.54 Å². The molecule has 0 atom stereocenters. The molecular weight excluding hydrogens is 210 g/mol. The van der Waals surface area contributed by atoms with Gasteiger partial charge >= 0.3 is 0 Å². The third-order valence-corrected chi connectivity index (χ3v) is 2.35. The van der Waals surface area contributed by atoms with Crippen LogP contribution in [0, 0.1) is 0 Å². The Hall–Kier alpha value is -1.25. The minimum atomic E-state index is 0. The first kappa shape index (κ1) is 11.8. The zero-order valence-corrected chi connectivity index (χ0v) is 9.38. The fourth-order valence-electron chi connectivity index (χ4n) is 1.53. The van der Waals surface area contributed by atoms with Gasteiger partial charge in [0.1, 0.15) is 5.75 Å². The number of halogens is 1. The standard InChI is InChI=1S/C12H13NO.ClH/c1-14-12-5-4-10-6-9(8-13)2-3-11(10)7-12;/h2-7H,8,13H2,1H3;1H. The van der Waals surface area contributed by atoms with Crippen molar-refractivity contribution in [1.82, 2.24) is 0 Å². The fraction of sp³-hybridized carbons (Fsp3) is 0.167. The summed E-state index contributed by atoms with van der Waals surface area (Å²) in [5.41, 5.74) is 6.73. The van der Waals surface area contributed by atoms with Crippen molar-refractivity contribution in [3.05, 3.63) is 42.0 Å². The number of hydrogen-bond acceptors (Lipinski definition) is 2. The van der Waals surface area contributed by atoms with Crippen molar-refractivity contribution in [2.24, 2.45) is 5.73 Å². The van der Waals surface area contributed by atoms with Crippen molar-refractivity contribution >= 4 is 23.2 Å². The lowest BCUT2D eigenvalue weighted by Crippen LogP contribution is -1.95. The second-order valence-corrected chi connectivity index (χ2v) is 3.25. The molecule has 2 rings (SSSR count). The molecule has 0 bridgehead atoms. The molecule has 2 N–H and O–H groups in total. The van der Waals surface area contributed by atoms with Crippen LogP contribution in [0.3, 0.4) is 0 Å². The van der Waals surface area contributed by atoms with E-state index in [-0.39, 0.29) is 12.4 Å². The van der Waals surface area contributed by atoms with Crippen LogP contribution in [0.5, 0.6) is 5.75 Å². The summed E-state index contributed by atoms with van der Waals surface area (Å²) in [5, 5.41) is 2.38. The number of hydrogen-bond donors (Lipinski definition) is 1. The highest BCUT2D eigenvalue weighted by atomic mass is 35.5. The summed E-state index contributed by atoms with van der Waals surface area (Å²) in [4.78, 5) is 0. The second-order valence-electron chi connectivity index (χ2n) is 3.25. The normalized spacial score (nSPS) is 9.73. The third kappa shape index (κ3) is 2.41. The van der Waals surface area contributed by atoms with E-state index in [4.69, 9.17) is 10.5 Å². The first-order valence-electron chi connectivity index (χ1n) is 4.60. The zero-order valence-electron chi connectivity index (χ0n) is 8.57. The van der Waals surface area contributed by atoms with E-state index in [1.807, 2.05) is 24.3 Å². The summed E-state index contributed by atoms with van der Waals surface area (Å²) in [7, 11) is 1.68. The largest absolute Gasteiger partial charge is 0.497 e. The molecule has 3 heteroatoms. The van der Waals surface area contributed by atoms with Gasteiger partial charge in [-0.15, -0.1) is 12.4 Å². The molecular formula is C12H14ClNO. The molecule has 0 aromatic heterocycles. The zero-order chi connectivity index (χ0) is 9.97. The van der Waals surface area contributed by atoms with Crippen molar-refractivity contribution in [1.29, 1.82) is 0 Å². The lowest BCUT2D eigenvalue weighted by Gasteiger charge is -2.03. The topological polar surface area (TPSA) is 35.2 Å². The van der Waals surface area contributed by atoms with E-state index >= 15 is 0 Å². The minimum absolute atomic E-state index is 0. The third-order valence-electron chi connectivity index (χ3n) is 2.35. The molecule has 2 aromatic carbocycles. The van der Waals surface area contributed by atoms with Gasteiger partial charge in [-0.3, -0.25) is 0 Å². The average molecular weight is 224 g/mol. The molecule has 0 saturated heterocycles. The van der Waals surface area contributed by atoms with Gasteiger partial charge < -0.3 is 10.5 Å². The molecule has 0 aliphatic rings. The summed E-state index contributed by atoms with van der Waals surface area (Å²) in [6, 6.07) is 12.3. The molecule has 0 radical (unpaired) electrons. The number of methoxy groups -OCH3 is 1. The predicted octanol–water partition coefficient (Wildman–Crippen LogP) is 2.73. The summed E-state index contributed by atoms with van der Waals surface area (Å²) >= 11 is 0. The molecule has 0 saturated carbocycles. The molecule has 0 spiro atoms. The van der Waals surface area contributed by atoms with Crippen LogP contribution in [0.4, 0.5) is 0 Å². The summed E-state index contributed by atoms with van der Waals surface area (Å²) in [6.07, 6.45) is 0. The molecule has 0 aliphatic carbocycles. The van der Waals surface area contributed by atoms with Crippen molar-refractivity contribution in [3.8, 4) is 5.75 Å². The molecule has 2 aromatic rings. The van der Waals surface area contributed by atoms with E-state index < -0.39 is 0 Å². The van der Waals surface area contributed by atoms with Crippen LogP contribution in [-0.2, 0) is 6.54 Å². The van der Waals surface area contributed by atoms with E-state index in [9.17, 15) is 0 Å². The maximum atomic E-state index is 5.57. The quantitative estimate of drug-likeness (QED) is 0.850. The SMILES string of the molecule is COc1ccc2cc(CN)ccc2c1.Cl. The van der Waals surface area contributed by atoms with Crippen LogP contribution in [0.1, 0.15) is 5.56 Å². The summed E-state index contributed by atoms with van der Waals surface area (Å²) in [6.45, 7) is 0.585. The van der Waals surface area contributed by atoms with Crippen LogP contribution in [0.25, 0.3) is 10.8 Å². The molecule has 0 fully saturated rings. The molecule has 0 amide bonds. The maximum Gasteiger partial charge on any atom is 0.119 e. The van der Waals surface area contributed by atoms with Crippen LogP contribution in [0.2, 0.25) is 0 Å². The molecule has 80 valence electrons. The molecule has 15 heavy (non-hydrogen) atoms. The summed E-state index contributed by atoms with van der Waals surface area (Å²) < 4.78 is 5.15. The number of rotatable bonds is 2. The number of nitrogens with two attached hydrogens (primary N) is 1. The van der Waals surface area contributed by atoms with Gasteiger partial charge in [0.2, 0.25) is 0 Å². The van der Waals surface area contributed by atoms with Gasteiger partial charge in [0.25, 0.3) is 0 Å². The van der Waals surface area contributed by atoms with E-state index in [1.54, 1.807) is 7.11 Å². The number of benzene rings is 2. The van der Waals surface area contributed by atoms with Gasteiger partial charge in [0.15, 0.2) is 0 Å². The highest BCUT2D eigenvalue weighted by Gasteiger charge is 1.97. The Kier molecular flexibility index (Phi) is 3.95. The molecule has 0 unspecified atom stereocenters. The van der Waals surface area contributed by atoms with Gasteiger partial charge in [-0.2, -0.15) is 0 Å². The lowest BCUT2D eigenvalue weighted by atomic mass is 10.1. The van der Waals surface area contributed by atoms with E-state index in [0.717, 1.165) is 11.3 Å². The van der Waals surface area contributed by atoms with Gasteiger partial charge in [-0.1, -0.05) is 18.2 Å². The van der Waals surface area contributed by atoms with Crippen LogP contribution in [-0.4, -0.2) is 7.11 Å². The van der Waals surface area contributed by atoms with Crippen molar-refractivity contribution < 1.29 is 4.74 Å². The number of ether oxygens (including phenoxy) is 1. The van der Waals surface area contributed by atoms with Crippen LogP contribution >= 0.6 is 12.4 Å². The van der Waals surface area contributed by atoms with Gasteiger partial charge in [-0.25, -0.2) is 0 Å². The first-order chi connectivity index (χ1) is 6.83. The first-order valence-corrected chi connectivity index (χ1v) is 4.60. The highest BCUT2D eigenvalue weighted by Crippen LogP contribution is 2.21. The lowest BCUT2D eigenvalue weighted by molar-refractivity contribution is 0.415. The second kappa shape index (κ2) is 5.01. The Morgan fingerprint density at radius 1 is 1.07 bits per heavy atom. The number of fused-ring (bicyclic) bond motifs is 1. The minimum Gasteiger partial charge on any atom is -0.497 e. The van der Waals surface area contributed by atoms with E-state index in [2.05, 4.69) is 12.1 Å². The monoisotopic (exact) mass is 223 g/mol. The van der Waals surface area contributed by atoms with E-state index in [1.165, 1.54) is 10.8 Å². The Balaban J connectivity index is 0.00000112. The Morgan fingerprint density at radius 3 is 2.40 bits per heavy atom. The van der Waals surface area contributed by atoms with Gasteiger partial charge in [-0.05, 0) is 34.5 Å². The van der Waals surface area contributed by atoms with Gasteiger partial charge in [0, 0.05) is 6.54 Å². The fourth-order valence-corrected chi connectivity index (χ4v) is 1.53. The Labute approximate surface area is 95.4 Å². The van der Waals surface area contributed by atoms with Crippen LogP contribution in [0.15, 0.2) is 36.4 Å². The van der Waals surface area contributed by atoms with Crippen molar-refractivity contribution in [2.75, 3.05) is 7.11 Å². The molecule has 0 heterocycles. The Morgan fingerprint density at radius 2 is 1.73 bits per heavy atom. The van der Waals surface area contributed by atoms with Gasteiger partial charge in [0.05, 0.1) is 7.11 Å².